The second-order valence-electron chi connectivity index (χ2n) is 2.67. The normalized spacial score (nSPS) is 9.73. The minimum atomic E-state index is 0.223. The molecule has 3 heteroatoms. The molecule has 0 rings (SSSR count). The Balaban J connectivity index is 3.47. The highest BCUT2D eigenvalue weighted by Crippen LogP contribution is 1.90. The van der Waals surface area contributed by atoms with Gasteiger partial charge in [-0.2, -0.15) is 0 Å². The number of carbonyl (C=O) groups excluding carboxylic acids is 1. The van der Waals surface area contributed by atoms with Crippen molar-refractivity contribution in [1.82, 2.24) is 10.2 Å². The van der Waals surface area contributed by atoms with E-state index in [4.69, 9.17) is 0 Å². The van der Waals surface area contributed by atoms with E-state index in [2.05, 4.69) is 12.2 Å². The zero-order valence-corrected chi connectivity index (χ0v) is 7.68. The van der Waals surface area contributed by atoms with Gasteiger partial charge in [-0.1, -0.05) is 6.92 Å². The quantitative estimate of drug-likeness (QED) is 0.630. The molecule has 1 N–H and O–H groups in total. The monoisotopic (exact) mass is 158 g/mol. The summed E-state index contributed by atoms with van der Waals surface area (Å²) in [6.07, 6.45) is 1.63. The molecule has 0 spiro atoms. The molecule has 1 amide bonds. The second kappa shape index (κ2) is 6.16. The van der Waals surface area contributed by atoms with Crippen molar-refractivity contribution in [3.8, 4) is 0 Å². The van der Waals surface area contributed by atoms with Gasteiger partial charge in [-0.05, 0) is 13.5 Å². The van der Waals surface area contributed by atoms with E-state index in [9.17, 15) is 4.79 Å². The van der Waals surface area contributed by atoms with Crippen molar-refractivity contribution in [2.24, 2.45) is 0 Å². The van der Waals surface area contributed by atoms with Crippen molar-refractivity contribution in [2.45, 2.75) is 19.8 Å². The summed E-state index contributed by atoms with van der Waals surface area (Å²) in [6, 6.07) is 0. The van der Waals surface area contributed by atoms with Crippen LogP contribution in [0.15, 0.2) is 0 Å². The zero-order chi connectivity index (χ0) is 8.69. The van der Waals surface area contributed by atoms with Gasteiger partial charge in [0.2, 0.25) is 5.91 Å². The Bertz CT molecular complexity index is 115. The van der Waals surface area contributed by atoms with Gasteiger partial charge in [0.05, 0.1) is 0 Å². The maximum Gasteiger partial charge on any atom is 0.223 e. The molecule has 0 aromatic heterocycles. The van der Waals surface area contributed by atoms with Crippen LogP contribution < -0.4 is 5.32 Å². The first kappa shape index (κ1) is 10.4. The molecule has 0 fully saturated rings. The van der Waals surface area contributed by atoms with E-state index < -0.39 is 0 Å². The summed E-state index contributed by atoms with van der Waals surface area (Å²) >= 11 is 0. The molecule has 0 bridgehead atoms. The predicted molar refractivity (Wildman–Crippen MR) is 46.5 cm³/mol. The molecule has 66 valence electrons. The van der Waals surface area contributed by atoms with Crippen LogP contribution in [0.2, 0.25) is 0 Å². The molecule has 11 heavy (non-hydrogen) atoms. The number of nitrogens with one attached hydrogen (secondary N) is 1. The smallest absolute Gasteiger partial charge is 0.223 e. The van der Waals surface area contributed by atoms with E-state index in [1.54, 1.807) is 4.90 Å². The lowest BCUT2D eigenvalue weighted by Gasteiger charge is -2.15. The van der Waals surface area contributed by atoms with Gasteiger partial charge in [-0.3, -0.25) is 4.79 Å². The average molecular weight is 158 g/mol. The predicted octanol–water partition coefficient (Wildman–Crippen LogP) is 0.464. The van der Waals surface area contributed by atoms with Crippen molar-refractivity contribution >= 4 is 5.91 Å². The van der Waals surface area contributed by atoms with Crippen molar-refractivity contribution < 1.29 is 4.79 Å². The minimum absolute atomic E-state index is 0.223. The first-order valence-electron chi connectivity index (χ1n) is 4.11. The van der Waals surface area contributed by atoms with Crippen LogP contribution in [0.5, 0.6) is 0 Å². The third-order valence-corrected chi connectivity index (χ3v) is 1.57. The summed E-state index contributed by atoms with van der Waals surface area (Å²) in [4.78, 5) is 13.0. The Morgan fingerprint density at radius 2 is 2.18 bits per heavy atom. The van der Waals surface area contributed by atoms with E-state index in [-0.39, 0.29) is 5.91 Å². The van der Waals surface area contributed by atoms with E-state index in [0.717, 1.165) is 19.5 Å². The highest BCUT2D eigenvalue weighted by Gasteiger charge is 2.04. The molecule has 0 atom stereocenters. The van der Waals surface area contributed by atoms with Gasteiger partial charge in [0.25, 0.3) is 0 Å². The van der Waals surface area contributed by atoms with Crippen molar-refractivity contribution in [3.05, 3.63) is 0 Å². The summed E-state index contributed by atoms with van der Waals surface area (Å²) in [5.41, 5.74) is 0. The number of carbonyl (C=O) groups is 1. The number of hydrogen-bond acceptors (Lipinski definition) is 2. The lowest BCUT2D eigenvalue weighted by molar-refractivity contribution is -0.129. The van der Waals surface area contributed by atoms with E-state index in [0.29, 0.717) is 6.42 Å². The molecule has 0 aromatic carbocycles. The fourth-order valence-corrected chi connectivity index (χ4v) is 0.883. The van der Waals surface area contributed by atoms with Gasteiger partial charge >= 0.3 is 0 Å². The molecule has 0 saturated carbocycles. The SMILES string of the molecule is CCCN(C)C(=O)CCNC. The maximum atomic E-state index is 11.2. The van der Waals surface area contributed by atoms with Gasteiger partial charge in [0.1, 0.15) is 0 Å². The van der Waals surface area contributed by atoms with Gasteiger partial charge in [-0.15, -0.1) is 0 Å². The molecular formula is C8H18N2O. The molecular weight excluding hydrogens is 140 g/mol. The summed E-state index contributed by atoms with van der Waals surface area (Å²) < 4.78 is 0. The zero-order valence-electron chi connectivity index (χ0n) is 7.68. The molecule has 0 aliphatic rings. The number of amides is 1. The third-order valence-electron chi connectivity index (χ3n) is 1.57. The Morgan fingerprint density at radius 3 is 2.64 bits per heavy atom. The van der Waals surface area contributed by atoms with E-state index in [1.165, 1.54) is 0 Å². The maximum absolute atomic E-state index is 11.2. The Hall–Kier alpha value is -0.570. The van der Waals surface area contributed by atoms with Gasteiger partial charge < -0.3 is 10.2 Å². The summed E-state index contributed by atoms with van der Waals surface area (Å²) in [5, 5.41) is 2.95. The standard InChI is InChI=1S/C8H18N2O/c1-4-7-10(3)8(11)5-6-9-2/h9H,4-7H2,1-3H3. The van der Waals surface area contributed by atoms with Gasteiger partial charge in [0, 0.05) is 26.6 Å². The van der Waals surface area contributed by atoms with Crippen LogP contribution in [0, 0.1) is 0 Å². The number of nitrogens with zero attached hydrogens (tertiary/aromatic N) is 1. The van der Waals surface area contributed by atoms with Crippen molar-refractivity contribution in [1.29, 1.82) is 0 Å². The first-order chi connectivity index (χ1) is 5.22. The lowest BCUT2D eigenvalue weighted by Crippen LogP contribution is -2.29. The highest BCUT2D eigenvalue weighted by atomic mass is 16.2. The molecule has 0 radical (unpaired) electrons. The fourth-order valence-electron chi connectivity index (χ4n) is 0.883. The summed E-state index contributed by atoms with van der Waals surface area (Å²) in [7, 11) is 3.70. The lowest BCUT2D eigenvalue weighted by atomic mass is 10.3. The van der Waals surface area contributed by atoms with Crippen LogP contribution in [0.25, 0.3) is 0 Å². The largest absolute Gasteiger partial charge is 0.346 e. The van der Waals surface area contributed by atoms with Crippen molar-refractivity contribution in [3.63, 3.8) is 0 Å². The van der Waals surface area contributed by atoms with Crippen LogP contribution >= 0.6 is 0 Å². The molecule has 0 heterocycles. The van der Waals surface area contributed by atoms with E-state index in [1.807, 2.05) is 14.1 Å². The molecule has 3 nitrogen and oxygen atoms in total. The Morgan fingerprint density at radius 1 is 1.55 bits per heavy atom. The van der Waals surface area contributed by atoms with Crippen LogP contribution in [0.4, 0.5) is 0 Å². The number of rotatable bonds is 5. The minimum Gasteiger partial charge on any atom is -0.346 e. The molecule has 0 unspecified atom stereocenters. The highest BCUT2D eigenvalue weighted by molar-refractivity contribution is 5.75. The van der Waals surface area contributed by atoms with Gasteiger partial charge in [-0.25, -0.2) is 0 Å². The van der Waals surface area contributed by atoms with Crippen LogP contribution in [-0.4, -0.2) is 38.0 Å². The first-order valence-corrected chi connectivity index (χ1v) is 4.11. The van der Waals surface area contributed by atoms with Crippen LogP contribution in [0.3, 0.4) is 0 Å². The fraction of sp³-hybridized carbons (Fsp3) is 0.875. The Kier molecular flexibility index (Phi) is 5.84. The second-order valence-corrected chi connectivity index (χ2v) is 2.67. The summed E-state index contributed by atoms with van der Waals surface area (Å²) in [5.74, 6) is 0.223. The van der Waals surface area contributed by atoms with E-state index >= 15 is 0 Å². The van der Waals surface area contributed by atoms with Crippen molar-refractivity contribution in [2.75, 3.05) is 27.2 Å². The third kappa shape index (κ3) is 4.79. The molecule has 0 aromatic rings. The number of hydrogen-bond donors (Lipinski definition) is 1. The molecule has 0 aliphatic carbocycles. The van der Waals surface area contributed by atoms with Crippen LogP contribution in [0.1, 0.15) is 19.8 Å². The average Bonchev–Trinajstić information content (AvgIpc) is 2.00. The van der Waals surface area contributed by atoms with Crippen LogP contribution in [-0.2, 0) is 4.79 Å². The molecule has 0 saturated heterocycles. The summed E-state index contributed by atoms with van der Waals surface area (Å²) in [6.45, 7) is 3.71. The topological polar surface area (TPSA) is 32.3 Å². The Labute approximate surface area is 68.8 Å². The van der Waals surface area contributed by atoms with Gasteiger partial charge in [0.15, 0.2) is 0 Å². The molecule has 0 aliphatic heterocycles.